The zero-order chi connectivity index (χ0) is 15.5. The first kappa shape index (κ1) is 16.0. The second-order valence-electron chi connectivity index (χ2n) is 4.80. The zero-order valence-electron chi connectivity index (χ0n) is 11.5. The summed E-state index contributed by atoms with van der Waals surface area (Å²) in [6.45, 7) is 1.84. The van der Waals surface area contributed by atoms with Gasteiger partial charge >= 0.3 is 5.97 Å². The van der Waals surface area contributed by atoms with Crippen LogP contribution in [0.3, 0.4) is 0 Å². The molecule has 0 saturated carbocycles. The molecule has 4 nitrogen and oxygen atoms in total. The average molecular weight is 324 g/mol. The van der Waals surface area contributed by atoms with E-state index >= 15 is 0 Å². The molecule has 0 spiro atoms. The Kier molecular flexibility index (Phi) is 4.99. The largest absolute Gasteiger partial charge is 0.480 e. The number of aliphatic carboxylic acids is 1. The molecule has 0 aliphatic rings. The van der Waals surface area contributed by atoms with Gasteiger partial charge in [0.15, 0.2) is 5.16 Å². The quantitative estimate of drug-likeness (QED) is 0.795. The van der Waals surface area contributed by atoms with Crippen molar-refractivity contribution in [3.05, 3.63) is 58.3 Å². The average Bonchev–Trinajstić information content (AvgIpc) is 2.98. The molecule has 2 N–H and O–H groups in total. The number of hydrogen-bond acceptors (Lipinski definition) is 3. The van der Waals surface area contributed by atoms with Gasteiger partial charge in [0.1, 0.15) is 0 Å². The molecule has 0 radical (unpaired) electrons. The van der Waals surface area contributed by atoms with Gasteiger partial charge in [-0.1, -0.05) is 37.3 Å². The lowest BCUT2D eigenvalue weighted by molar-refractivity contribution is -0.141. The van der Waals surface area contributed by atoms with Gasteiger partial charge in [-0.15, -0.1) is 0 Å². The molecule has 2 rings (SSSR count). The van der Waals surface area contributed by atoms with E-state index in [1.54, 1.807) is 30.3 Å². The first-order chi connectivity index (χ1) is 10.0. The second-order valence-corrected chi connectivity index (χ2v) is 6.98. The maximum atomic E-state index is 12.2. The van der Waals surface area contributed by atoms with Crippen LogP contribution in [0.15, 0.2) is 47.2 Å². The smallest absolute Gasteiger partial charge is 0.324 e. The van der Waals surface area contributed by atoms with Gasteiger partial charge in [-0.3, -0.25) is 9.36 Å². The predicted molar refractivity (Wildman–Crippen MR) is 84.3 cm³/mol. The lowest BCUT2D eigenvalue weighted by Crippen LogP contribution is -2.38. The number of rotatable bonds is 6. The molecular weight excluding hydrogens is 307 g/mol. The van der Waals surface area contributed by atoms with Gasteiger partial charge in [-0.25, -0.2) is 0 Å². The molecule has 0 aliphatic carbocycles. The number of carbonyl (C=O) groups is 1. The van der Waals surface area contributed by atoms with Crippen molar-refractivity contribution in [3.63, 3.8) is 0 Å². The highest BCUT2D eigenvalue weighted by Gasteiger charge is 2.52. The fraction of sp³-hybridized carbons (Fsp3) is 0.267. The van der Waals surface area contributed by atoms with E-state index in [1.165, 1.54) is 11.3 Å². The van der Waals surface area contributed by atoms with Gasteiger partial charge in [0.25, 0.3) is 0 Å². The van der Waals surface area contributed by atoms with Crippen molar-refractivity contribution in [1.29, 1.82) is 0 Å². The van der Waals surface area contributed by atoms with E-state index in [9.17, 15) is 19.4 Å². The molecule has 1 aromatic carbocycles. The standard InChI is InChI=1S/C15H17O4PS/c1-2-13(11-8-9-21-10-11)15(14(16)17,20(18)19)12-6-4-3-5-7-12/h3-10,13,20H,2H2,1H3,(H,16,17)(H,18,19). The van der Waals surface area contributed by atoms with Crippen LogP contribution in [-0.2, 0) is 14.5 Å². The molecule has 3 atom stereocenters. The van der Waals surface area contributed by atoms with Crippen molar-refractivity contribution in [1.82, 2.24) is 0 Å². The molecule has 6 heteroatoms. The molecule has 0 bridgehead atoms. The van der Waals surface area contributed by atoms with Crippen molar-refractivity contribution in [2.24, 2.45) is 0 Å². The zero-order valence-corrected chi connectivity index (χ0v) is 13.3. The van der Waals surface area contributed by atoms with Gasteiger partial charge in [-0.05, 0) is 34.4 Å². The molecule has 3 unspecified atom stereocenters. The van der Waals surface area contributed by atoms with Crippen LogP contribution >= 0.6 is 19.4 Å². The SMILES string of the molecule is CCC(c1ccsc1)C(C(=O)O)(c1ccccc1)[PH](=O)O. The number of carboxylic acids is 1. The van der Waals surface area contributed by atoms with Gasteiger partial charge in [-0.2, -0.15) is 11.3 Å². The van der Waals surface area contributed by atoms with Crippen LogP contribution in [0.2, 0.25) is 0 Å². The van der Waals surface area contributed by atoms with Crippen molar-refractivity contribution >= 4 is 25.3 Å². The van der Waals surface area contributed by atoms with Gasteiger partial charge in [0, 0.05) is 5.92 Å². The van der Waals surface area contributed by atoms with Crippen LogP contribution < -0.4 is 0 Å². The summed E-state index contributed by atoms with van der Waals surface area (Å²) >= 11 is 1.45. The minimum Gasteiger partial charge on any atom is -0.480 e. The number of thiophene rings is 1. The molecular formula is C15H17O4PS. The summed E-state index contributed by atoms with van der Waals surface area (Å²) < 4.78 is 12.2. The number of hydrogen-bond donors (Lipinski definition) is 2. The normalized spacial score (nSPS) is 16.9. The Balaban J connectivity index is 2.71. The van der Waals surface area contributed by atoms with Crippen LogP contribution in [0, 0.1) is 0 Å². The summed E-state index contributed by atoms with van der Waals surface area (Å²) in [6, 6.07) is 10.2. The minimum absolute atomic E-state index is 0.377. The predicted octanol–water partition coefficient (Wildman–Crippen LogP) is 3.69. The molecule has 21 heavy (non-hydrogen) atoms. The summed E-state index contributed by atoms with van der Waals surface area (Å²) in [5, 5.41) is 11.7. The van der Waals surface area contributed by atoms with E-state index in [4.69, 9.17) is 0 Å². The summed E-state index contributed by atoms with van der Waals surface area (Å²) in [4.78, 5) is 22.0. The van der Waals surface area contributed by atoms with Crippen molar-refractivity contribution in [2.45, 2.75) is 24.4 Å². The van der Waals surface area contributed by atoms with E-state index in [2.05, 4.69) is 0 Å². The molecule has 0 amide bonds. The summed E-state index contributed by atoms with van der Waals surface area (Å²) in [5.41, 5.74) is 1.17. The lowest BCUT2D eigenvalue weighted by atomic mass is 9.80. The van der Waals surface area contributed by atoms with Crippen LogP contribution in [0.25, 0.3) is 0 Å². The lowest BCUT2D eigenvalue weighted by Gasteiger charge is -2.34. The third kappa shape index (κ3) is 2.69. The second kappa shape index (κ2) is 6.56. The molecule has 2 aromatic rings. The molecule has 1 heterocycles. The summed E-state index contributed by atoms with van der Waals surface area (Å²) in [5.74, 6) is -1.79. The third-order valence-electron chi connectivity index (χ3n) is 3.78. The van der Waals surface area contributed by atoms with Crippen molar-refractivity contribution < 1.29 is 19.4 Å². The van der Waals surface area contributed by atoms with E-state index in [-0.39, 0.29) is 0 Å². The third-order valence-corrected chi connectivity index (χ3v) is 6.01. The fourth-order valence-corrected chi connectivity index (χ4v) is 4.78. The first-order valence-electron chi connectivity index (χ1n) is 6.59. The highest BCUT2D eigenvalue weighted by atomic mass is 32.1. The van der Waals surface area contributed by atoms with E-state index in [1.807, 2.05) is 23.8 Å². The van der Waals surface area contributed by atoms with Crippen molar-refractivity contribution in [2.75, 3.05) is 0 Å². The topological polar surface area (TPSA) is 74.6 Å². The fourth-order valence-electron chi connectivity index (χ4n) is 2.80. The minimum atomic E-state index is -3.36. The number of carboxylic acid groups (broad SMARTS) is 1. The first-order valence-corrected chi connectivity index (χ1v) is 8.89. The van der Waals surface area contributed by atoms with E-state index in [0.717, 1.165) is 5.56 Å². The monoisotopic (exact) mass is 324 g/mol. The van der Waals surface area contributed by atoms with E-state index < -0.39 is 25.1 Å². The van der Waals surface area contributed by atoms with Crippen LogP contribution in [-0.4, -0.2) is 16.0 Å². The number of benzene rings is 1. The summed E-state index contributed by atoms with van der Waals surface area (Å²) in [7, 11) is -3.36. The van der Waals surface area contributed by atoms with Gasteiger partial charge in [0.2, 0.25) is 8.03 Å². The highest BCUT2D eigenvalue weighted by molar-refractivity contribution is 7.41. The van der Waals surface area contributed by atoms with Crippen molar-refractivity contribution in [3.8, 4) is 0 Å². The maximum absolute atomic E-state index is 12.2. The Morgan fingerprint density at radius 1 is 1.33 bits per heavy atom. The maximum Gasteiger partial charge on any atom is 0.324 e. The molecule has 0 saturated heterocycles. The Morgan fingerprint density at radius 2 is 2.00 bits per heavy atom. The molecule has 112 valence electrons. The Bertz CT molecular complexity index is 610. The van der Waals surface area contributed by atoms with Gasteiger partial charge in [0.05, 0.1) is 0 Å². The molecule has 1 aromatic heterocycles. The van der Waals surface area contributed by atoms with Crippen LogP contribution in [0.1, 0.15) is 30.4 Å². The van der Waals surface area contributed by atoms with Gasteiger partial charge < -0.3 is 10.00 Å². The summed E-state index contributed by atoms with van der Waals surface area (Å²) in [6.07, 6.45) is 0.467. The highest BCUT2D eigenvalue weighted by Crippen LogP contribution is 2.55. The van der Waals surface area contributed by atoms with Crippen LogP contribution in [0.4, 0.5) is 0 Å². The molecule has 0 aliphatic heterocycles. The van der Waals surface area contributed by atoms with E-state index in [0.29, 0.717) is 12.0 Å². The Morgan fingerprint density at radius 3 is 2.43 bits per heavy atom. The Hall–Kier alpha value is -1.42. The molecule has 0 fully saturated rings. The van der Waals surface area contributed by atoms with Crippen LogP contribution in [0.5, 0.6) is 0 Å². The Labute approximate surface area is 127 Å².